The molecule has 2 aromatic rings. The third-order valence-electron chi connectivity index (χ3n) is 2.30. The second kappa shape index (κ2) is 4.85. The monoisotopic (exact) mass is 296 g/mol. The molecule has 0 aliphatic heterocycles. The van der Waals surface area contributed by atoms with Gasteiger partial charge in [-0.1, -0.05) is 45.7 Å². The minimum Gasteiger partial charge on any atom is -0.386 e. The molecular formula is C12H10BrClN2. The fourth-order valence-electron chi connectivity index (χ4n) is 1.53. The average molecular weight is 298 g/mol. The fourth-order valence-corrected chi connectivity index (χ4v) is 2.19. The third kappa shape index (κ3) is 2.20. The number of pyridine rings is 1. The maximum absolute atomic E-state index is 5.92. The summed E-state index contributed by atoms with van der Waals surface area (Å²) in [6.45, 7) is 0. The van der Waals surface area contributed by atoms with Crippen molar-refractivity contribution < 1.29 is 0 Å². The van der Waals surface area contributed by atoms with E-state index in [4.69, 9.17) is 11.6 Å². The molecule has 82 valence electrons. The summed E-state index contributed by atoms with van der Waals surface area (Å²) in [6, 6.07) is 9.87. The predicted octanol–water partition coefficient (Wildman–Crippen LogP) is 4.21. The summed E-state index contributed by atoms with van der Waals surface area (Å²) in [5.41, 5.74) is 3.09. The van der Waals surface area contributed by atoms with Crippen molar-refractivity contribution in [3.63, 3.8) is 0 Å². The molecule has 4 heteroatoms. The molecule has 2 rings (SSSR count). The van der Waals surface area contributed by atoms with Crippen molar-refractivity contribution >= 4 is 33.2 Å². The summed E-state index contributed by atoms with van der Waals surface area (Å²) in [5, 5.41) is 3.60. The van der Waals surface area contributed by atoms with Gasteiger partial charge in [0.25, 0.3) is 0 Å². The van der Waals surface area contributed by atoms with Gasteiger partial charge in [-0.25, -0.2) is 4.98 Å². The molecule has 0 fully saturated rings. The van der Waals surface area contributed by atoms with Crippen LogP contribution < -0.4 is 5.32 Å². The number of benzene rings is 1. The molecule has 1 aromatic heterocycles. The number of hydrogen-bond acceptors (Lipinski definition) is 2. The molecule has 0 unspecified atom stereocenters. The van der Waals surface area contributed by atoms with Crippen LogP contribution in [0, 0.1) is 0 Å². The Morgan fingerprint density at radius 2 is 2.00 bits per heavy atom. The number of nitrogens with zero attached hydrogens (tertiary/aromatic N) is 1. The second-order valence-corrected chi connectivity index (χ2v) is 4.52. The lowest BCUT2D eigenvalue weighted by molar-refractivity contribution is 1.31. The Morgan fingerprint density at radius 3 is 2.69 bits per heavy atom. The number of anilines is 1. The maximum atomic E-state index is 5.92. The van der Waals surface area contributed by atoms with Gasteiger partial charge in [0.1, 0.15) is 5.15 Å². The number of rotatable bonds is 2. The third-order valence-corrected chi connectivity index (χ3v) is 3.20. The van der Waals surface area contributed by atoms with Gasteiger partial charge in [0.15, 0.2) is 0 Å². The highest BCUT2D eigenvalue weighted by Crippen LogP contribution is 2.34. The van der Waals surface area contributed by atoms with Crippen molar-refractivity contribution in [3.8, 4) is 11.1 Å². The van der Waals surface area contributed by atoms with E-state index in [1.165, 1.54) is 0 Å². The van der Waals surface area contributed by atoms with Gasteiger partial charge < -0.3 is 5.32 Å². The van der Waals surface area contributed by atoms with Crippen molar-refractivity contribution in [2.75, 3.05) is 12.4 Å². The van der Waals surface area contributed by atoms with Crippen LogP contribution in [0.25, 0.3) is 11.1 Å². The molecule has 0 aliphatic carbocycles. The normalized spacial score (nSPS) is 10.2. The van der Waals surface area contributed by atoms with E-state index < -0.39 is 0 Å². The molecule has 0 atom stereocenters. The zero-order valence-corrected chi connectivity index (χ0v) is 11.0. The standard InChI is InChI=1S/C12H10BrClN2/c1-15-11-7-16-12(14)6-9(11)8-4-2-3-5-10(8)13/h2-7,15H,1H3. The molecule has 0 aliphatic rings. The van der Waals surface area contributed by atoms with Crippen molar-refractivity contribution in [1.82, 2.24) is 4.98 Å². The van der Waals surface area contributed by atoms with E-state index in [2.05, 4.69) is 26.2 Å². The average Bonchev–Trinajstić information content (AvgIpc) is 2.29. The van der Waals surface area contributed by atoms with Gasteiger partial charge in [-0.15, -0.1) is 0 Å². The summed E-state index contributed by atoms with van der Waals surface area (Å²) in [7, 11) is 1.87. The van der Waals surface area contributed by atoms with Crippen LogP contribution in [-0.4, -0.2) is 12.0 Å². The van der Waals surface area contributed by atoms with E-state index >= 15 is 0 Å². The highest BCUT2D eigenvalue weighted by molar-refractivity contribution is 9.10. The van der Waals surface area contributed by atoms with E-state index in [1.807, 2.05) is 37.4 Å². The Hall–Kier alpha value is -1.06. The van der Waals surface area contributed by atoms with Gasteiger partial charge >= 0.3 is 0 Å². The minimum absolute atomic E-state index is 0.491. The van der Waals surface area contributed by atoms with Gasteiger partial charge in [-0.3, -0.25) is 0 Å². The summed E-state index contributed by atoms with van der Waals surface area (Å²) in [4.78, 5) is 4.05. The molecule has 0 saturated carbocycles. The quantitative estimate of drug-likeness (QED) is 0.840. The van der Waals surface area contributed by atoms with Crippen LogP contribution >= 0.6 is 27.5 Å². The molecular weight excluding hydrogens is 288 g/mol. The van der Waals surface area contributed by atoms with Gasteiger partial charge in [0, 0.05) is 17.1 Å². The molecule has 0 radical (unpaired) electrons. The Bertz CT molecular complexity index is 514. The molecule has 1 aromatic carbocycles. The van der Waals surface area contributed by atoms with Crippen LogP contribution in [0.1, 0.15) is 0 Å². The van der Waals surface area contributed by atoms with Crippen molar-refractivity contribution in [2.24, 2.45) is 0 Å². The molecule has 0 bridgehead atoms. The van der Waals surface area contributed by atoms with E-state index in [0.29, 0.717) is 5.15 Å². The van der Waals surface area contributed by atoms with Crippen LogP contribution in [0.15, 0.2) is 41.0 Å². The number of halogens is 2. The zero-order valence-electron chi connectivity index (χ0n) is 8.67. The summed E-state index contributed by atoms with van der Waals surface area (Å²) in [6.07, 6.45) is 1.73. The van der Waals surface area contributed by atoms with Crippen LogP contribution in [0.3, 0.4) is 0 Å². The molecule has 2 nitrogen and oxygen atoms in total. The van der Waals surface area contributed by atoms with Crippen LogP contribution in [0.4, 0.5) is 5.69 Å². The van der Waals surface area contributed by atoms with Crippen LogP contribution in [0.2, 0.25) is 5.15 Å². The first-order chi connectivity index (χ1) is 7.72. The lowest BCUT2D eigenvalue weighted by Crippen LogP contribution is -1.94. The van der Waals surface area contributed by atoms with Crippen molar-refractivity contribution in [1.29, 1.82) is 0 Å². The number of aromatic nitrogens is 1. The Kier molecular flexibility index (Phi) is 3.46. The predicted molar refractivity (Wildman–Crippen MR) is 71.9 cm³/mol. The van der Waals surface area contributed by atoms with E-state index in [9.17, 15) is 0 Å². The summed E-state index contributed by atoms with van der Waals surface area (Å²) in [5.74, 6) is 0. The SMILES string of the molecule is CNc1cnc(Cl)cc1-c1ccccc1Br. The highest BCUT2D eigenvalue weighted by atomic mass is 79.9. The first kappa shape index (κ1) is 11.4. The Labute approximate surface area is 108 Å². The zero-order chi connectivity index (χ0) is 11.5. The second-order valence-electron chi connectivity index (χ2n) is 3.28. The van der Waals surface area contributed by atoms with Crippen molar-refractivity contribution in [3.05, 3.63) is 46.2 Å². The Balaban J connectivity index is 2.63. The molecule has 0 spiro atoms. The largest absolute Gasteiger partial charge is 0.386 e. The van der Waals surface area contributed by atoms with Crippen LogP contribution in [0.5, 0.6) is 0 Å². The van der Waals surface area contributed by atoms with E-state index in [0.717, 1.165) is 21.3 Å². The lowest BCUT2D eigenvalue weighted by Gasteiger charge is -2.10. The number of hydrogen-bond donors (Lipinski definition) is 1. The lowest BCUT2D eigenvalue weighted by atomic mass is 10.1. The van der Waals surface area contributed by atoms with Crippen molar-refractivity contribution in [2.45, 2.75) is 0 Å². The topological polar surface area (TPSA) is 24.9 Å². The molecule has 0 saturated heterocycles. The first-order valence-corrected chi connectivity index (χ1v) is 5.97. The highest BCUT2D eigenvalue weighted by Gasteiger charge is 2.08. The molecule has 0 amide bonds. The van der Waals surface area contributed by atoms with Gasteiger partial charge in [-0.2, -0.15) is 0 Å². The fraction of sp³-hybridized carbons (Fsp3) is 0.0833. The van der Waals surface area contributed by atoms with Gasteiger partial charge in [0.05, 0.1) is 11.9 Å². The summed E-state index contributed by atoms with van der Waals surface area (Å²) < 4.78 is 1.04. The smallest absolute Gasteiger partial charge is 0.129 e. The summed E-state index contributed by atoms with van der Waals surface area (Å²) >= 11 is 9.45. The minimum atomic E-state index is 0.491. The number of nitrogens with one attached hydrogen (secondary N) is 1. The van der Waals surface area contributed by atoms with Gasteiger partial charge in [0.2, 0.25) is 0 Å². The maximum Gasteiger partial charge on any atom is 0.129 e. The molecule has 1 heterocycles. The molecule has 16 heavy (non-hydrogen) atoms. The van der Waals surface area contributed by atoms with E-state index in [-0.39, 0.29) is 0 Å². The Morgan fingerprint density at radius 1 is 1.25 bits per heavy atom. The van der Waals surface area contributed by atoms with Crippen LogP contribution in [-0.2, 0) is 0 Å². The van der Waals surface area contributed by atoms with E-state index in [1.54, 1.807) is 6.20 Å². The first-order valence-electron chi connectivity index (χ1n) is 4.80. The van der Waals surface area contributed by atoms with Gasteiger partial charge in [-0.05, 0) is 17.7 Å². The molecule has 1 N–H and O–H groups in total.